The second-order valence-corrected chi connectivity index (χ2v) is 8.21. The van der Waals surface area contributed by atoms with Crippen molar-refractivity contribution in [3.63, 3.8) is 0 Å². The van der Waals surface area contributed by atoms with Crippen molar-refractivity contribution >= 4 is 11.7 Å². The van der Waals surface area contributed by atoms with Gasteiger partial charge < -0.3 is 24.6 Å². The number of rotatable bonds is 2. The molecule has 1 aromatic carbocycles. The minimum absolute atomic E-state index is 0.0302. The number of fused-ring (bicyclic) bond motifs is 2. The van der Waals surface area contributed by atoms with Crippen molar-refractivity contribution in [2.75, 3.05) is 45.3 Å². The van der Waals surface area contributed by atoms with Crippen LogP contribution in [-0.2, 0) is 0 Å². The number of piperazine rings is 1. The van der Waals surface area contributed by atoms with Gasteiger partial charge in [0.15, 0.2) is 23.2 Å². The van der Waals surface area contributed by atoms with Gasteiger partial charge in [0.2, 0.25) is 6.79 Å². The van der Waals surface area contributed by atoms with Crippen LogP contribution in [0.4, 0.5) is 19.0 Å². The Kier molecular flexibility index (Phi) is 4.72. The van der Waals surface area contributed by atoms with E-state index < -0.39 is 18.3 Å². The molecule has 0 unspecified atom stereocenters. The summed E-state index contributed by atoms with van der Waals surface area (Å²) < 4.78 is 53.3. The van der Waals surface area contributed by atoms with Crippen LogP contribution in [0.3, 0.4) is 0 Å². The van der Waals surface area contributed by atoms with Gasteiger partial charge in [-0.25, -0.2) is 4.68 Å². The fourth-order valence-corrected chi connectivity index (χ4v) is 4.28. The normalized spacial score (nSPS) is 23.4. The van der Waals surface area contributed by atoms with E-state index in [-0.39, 0.29) is 30.6 Å². The first-order valence-electron chi connectivity index (χ1n) is 10.2. The molecule has 11 heteroatoms. The van der Waals surface area contributed by atoms with Gasteiger partial charge in [-0.3, -0.25) is 4.79 Å². The van der Waals surface area contributed by atoms with Crippen LogP contribution >= 0.6 is 0 Å². The van der Waals surface area contributed by atoms with Gasteiger partial charge in [-0.2, -0.15) is 18.3 Å². The van der Waals surface area contributed by atoms with E-state index in [2.05, 4.69) is 10.4 Å². The first-order valence-corrected chi connectivity index (χ1v) is 10.2. The molecule has 0 spiro atoms. The number of halogens is 3. The summed E-state index contributed by atoms with van der Waals surface area (Å²) >= 11 is 0. The first kappa shape index (κ1) is 20.0. The topological polar surface area (TPSA) is 73.1 Å². The molecule has 2 aromatic rings. The number of carbonyl (C=O) groups is 1. The van der Waals surface area contributed by atoms with E-state index in [0.29, 0.717) is 30.2 Å². The van der Waals surface area contributed by atoms with E-state index in [0.717, 1.165) is 17.8 Å². The zero-order chi connectivity index (χ0) is 21.8. The number of nitrogens with zero attached hydrogens (tertiary/aromatic N) is 3. The first-order chi connectivity index (χ1) is 14.8. The van der Waals surface area contributed by atoms with Crippen molar-refractivity contribution in [1.82, 2.24) is 14.7 Å². The predicted octanol–water partition coefficient (Wildman–Crippen LogP) is 1.24. The van der Waals surface area contributed by atoms with Gasteiger partial charge in [-0.1, -0.05) is 6.07 Å². The van der Waals surface area contributed by atoms with Crippen molar-refractivity contribution in [1.29, 1.82) is 0 Å². The zero-order valence-electron chi connectivity index (χ0n) is 16.9. The van der Waals surface area contributed by atoms with Crippen LogP contribution in [0, 0.1) is 0 Å². The fraction of sp³-hybridized carbons (Fsp3) is 0.500. The number of quaternary nitrogens is 1. The molecule has 8 nitrogen and oxygen atoms in total. The van der Waals surface area contributed by atoms with Crippen LogP contribution in [-0.4, -0.2) is 66.8 Å². The van der Waals surface area contributed by atoms with Crippen LogP contribution in [0.2, 0.25) is 0 Å². The number of aromatic nitrogens is 2. The lowest BCUT2D eigenvalue weighted by atomic mass is 9.96. The van der Waals surface area contributed by atoms with Gasteiger partial charge in [0.25, 0.3) is 5.91 Å². The summed E-state index contributed by atoms with van der Waals surface area (Å²) in [6.07, 6.45) is -4.75. The highest BCUT2D eigenvalue weighted by molar-refractivity contribution is 5.93. The van der Waals surface area contributed by atoms with Gasteiger partial charge in [0, 0.05) is 12.5 Å². The second-order valence-electron chi connectivity index (χ2n) is 8.21. The lowest BCUT2D eigenvalue weighted by Gasteiger charge is -2.33. The summed E-state index contributed by atoms with van der Waals surface area (Å²) in [5, 5.41) is 7.19. The summed E-state index contributed by atoms with van der Waals surface area (Å²) in [5.41, 5.74) is 0.684. The van der Waals surface area contributed by atoms with Crippen molar-refractivity contribution in [2.24, 2.45) is 0 Å². The maximum Gasteiger partial charge on any atom is 0.410 e. The molecule has 1 fully saturated rings. The van der Waals surface area contributed by atoms with Gasteiger partial charge >= 0.3 is 6.18 Å². The average molecular weight is 438 g/mol. The number of carbonyl (C=O) groups excluding carboxylic acids is 1. The maximum absolute atomic E-state index is 13.9. The lowest BCUT2D eigenvalue weighted by molar-refractivity contribution is -0.883. The average Bonchev–Trinajstić information content (AvgIpc) is 3.38. The Balaban J connectivity index is 1.44. The van der Waals surface area contributed by atoms with E-state index >= 15 is 0 Å². The molecule has 0 aliphatic carbocycles. The number of hydrogen-bond donors (Lipinski definition) is 2. The highest BCUT2D eigenvalue weighted by Crippen LogP contribution is 2.45. The van der Waals surface area contributed by atoms with E-state index in [4.69, 9.17) is 9.47 Å². The molecule has 1 aromatic heterocycles. The number of benzene rings is 1. The van der Waals surface area contributed by atoms with Gasteiger partial charge in [-0.05, 0) is 17.7 Å². The van der Waals surface area contributed by atoms with Crippen LogP contribution < -0.4 is 19.7 Å². The molecule has 4 heterocycles. The van der Waals surface area contributed by atoms with E-state index in [1.165, 1.54) is 11.0 Å². The number of nitrogens with one attached hydrogen (secondary N) is 2. The van der Waals surface area contributed by atoms with Crippen molar-refractivity contribution in [3.05, 3.63) is 35.5 Å². The molecular formula is C20H23F3N5O3+. The molecule has 166 valence electrons. The van der Waals surface area contributed by atoms with Crippen LogP contribution in [0.1, 0.15) is 34.6 Å². The molecule has 1 amide bonds. The van der Waals surface area contributed by atoms with E-state index in [9.17, 15) is 18.0 Å². The molecule has 2 atom stereocenters. The molecule has 2 N–H and O–H groups in total. The number of likely N-dealkylation sites (N-methyl/N-ethyl adjacent to an activating group) is 1. The van der Waals surface area contributed by atoms with Crippen molar-refractivity contribution in [2.45, 2.75) is 24.7 Å². The number of alkyl halides is 3. The zero-order valence-corrected chi connectivity index (χ0v) is 16.9. The highest BCUT2D eigenvalue weighted by atomic mass is 19.4. The molecule has 0 bridgehead atoms. The molecular weight excluding hydrogens is 415 g/mol. The van der Waals surface area contributed by atoms with Crippen molar-refractivity contribution in [3.8, 4) is 11.5 Å². The number of ether oxygens (including phenoxy) is 2. The largest absolute Gasteiger partial charge is 0.454 e. The Morgan fingerprint density at radius 1 is 1.19 bits per heavy atom. The van der Waals surface area contributed by atoms with Gasteiger partial charge in [0.1, 0.15) is 5.82 Å². The van der Waals surface area contributed by atoms with Crippen molar-refractivity contribution < 1.29 is 32.3 Å². The minimum Gasteiger partial charge on any atom is -0.454 e. The Morgan fingerprint density at radius 2 is 1.94 bits per heavy atom. The van der Waals surface area contributed by atoms with Crippen LogP contribution in [0.15, 0.2) is 24.3 Å². The SMILES string of the molecule is C[NH+]1CCN(C(=O)c2cc3n(n2)[C@@H](C(F)(F)F)C[C@H](c2ccc4c(c2)OCO4)N3)CC1. The fourth-order valence-electron chi connectivity index (χ4n) is 4.28. The Hall–Kier alpha value is -2.95. The molecule has 0 radical (unpaired) electrons. The summed E-state index contributed by atoms with van der Waals surface area (Å²) in [6, 6.07) is 4.09. The highest BCUT2D eigenvalue weighted by Gasteiger charge is 2.47. The molecule has 3 aliphatic heterocycles. The standard InChI is InChI=1S/C20H22F3N5O3/c1-26-4-6-27(7-5-26)19(29)14-10-18-24-13(9-17(20(21,22)23)28(18)25-14)12-2-3-15-16(8-12)31-11-30-15/h2-3,8,10,13,17,24H,4-7,9,11H2,1H3/p+1/t13-,17-/m1/s1. The van der Waals surface area contributed by atoms with E-state index in [1.54, 1.807) is 23.1 Å². The Bertz CT molecular complexity index is 1000. The lowest BCUT2D eigenvalue weighted by Crippen LogP contribution is -3.12. The number of anilines is 1. The molecule has 1 saturated heterocycles. The Labute approximate surface area is 176 Å². The summed E-state index contributed by atoms with van der Waals surface area (Å²) in [5.74, 6) is 0.921. The van der Waals surface area contributed by atoms with Gasteiger partial charge in [-0.15, -0.1) is 0 Å². The number of hydrogen-bond acceptors (Lipinski definition) is 5. The molecule has 31 heavy (non-hydrogen) atoms. The Morgan fingerprint density at radius 3 is 2.68 bits per heavy atom. The number of amides is 1. The van der Waals surface area contributed by atoms with Gasteiger partial charge in [0.05, 0.1) is 39.3 Å². The monoisotopic (exact) mass is 438 g/mol. The smallest absolute Gasteiger partial charge is 0.410 e. The third-order valence-corrected chi connectivity index (χ3v) is 6.11. The third-order valence-electron chi connectivity index (χ3n) is 6.11. The maximum atomic E-state index is 13.9. The van der Waals surface area contributed by atoms with E-state index in [1.807, 2.05) is 7.05 Å². The summed E-state index contributed by atoms with van der Waals surface area (Å²) in [4.78, 5) is 15.8. The summed E-state index contributed by atoms with van der Waals surface area (Å²) in [7, 11) is 2.05. The third kappa shape index (κ3) is 3.67. The molecule has 0 saturated carbocycles. The predicted molar refractivity (Wildman–Crippen MR) is 103 cm³/mol. The summed E-state index contributed by atoms with van der Waals surface area (Å²) in [6.45, 7) is 2.81. The van der Waals surface area contributed by atoms with Crippen LogP contribution in [0.5, 0.6) is 11.5 Å². The molecule has 3 aliphatic rings. The second kappa shape index (κ2) is 7.33. The quantitative estimate of drug-likeness (QED) is 0.739. The minimum atomic E-state index is -4.50. The van der Waals surface area contributed by atoms with Crippen LogP contribution in [0.25, 0.3) is 0 Å². The molecule has 5 rings (SSSR count).